The summed E-state index contributed by atoms with van der Waals surface area (Å²) in [7, 11) is -4.01. The Kier molecular flexibility index (Phi) is 5.47. The smallest absolute Gasteiger partial charge is 0.422 e. The third kappa shape index (κ3) is 4.86. The van der Waals surface area contributed by atoms with Gasteiger partial charge in [0.1, 0.15) is 0 Å². The molecule has 0 aliphatic carbocycles. The van der Waals surface area contributed by atoms with Crippen LogP contribution in [0.4, 0.5) is 10.5 Å². The van der Waals surface area contributed by atoms with Gasteiger partial charge in [0.15, 0.2) is 0 Å². The minimum Gasteiger partial charge on any atom is -0.449 e. The van der Waals surface area contributed by atoms with Gasteiger partial charge < -0.3 is 4.74 Å². The van der Waals surface area contributed by atoms with Crippen LogP contribution in [0.5, 0.6) is 0 Å². The third-order valence-electron chi connectivity index (χ3n) is 1.67. The van der Waals surface area contributed by atoms with Gasteiger partial charge in [-0.3, -0.25) is 4.72 Å². The van der Waals surface area contributed by atoms with Crippen molar-refractivity contribution in [1.82, 2.24) is 4.72 Å². The van der Waals surface area contributed by atoms with Crippen LogP contribution in [0.3, 0.4) is 0 Å². The number of carbonyl (C=O) groups is 1. The molecule has 18 heavy (non-hydrogen) atoms. The zero-order chi connectivity index (χ0) is 13.8. The van der Waals surface area contributed by atoms with Gasteiger partial charge in [-0.15, -0.1) is 0 Å². The molecule has 0 unspecified atom stereocenters. The number of ether oxygens (including phenoxy) is 1. The van der Waals surface area contributed by atoms with Gasteiger partial charge in [0.2, 0.25) is 0 Å². The molecule has 0 saturated carbocycles. The highest BCUT2D eigenvalue weighted by atomic mass is 127. The zero-order valence-electron chi connectivity index (χ0n) is 9.24. The standard InChI is InChI=1S/C9H10ClIN2O4S/c1-2-17-9(14)13-18(15,16)12-8-4-3-6(10)5-7(8)11/h3-5,12H,2H2,1H3,(H,13,14). The molecule has 9 heteroatoms. The number of hydrogen-bond donors (Lipinski definition) is 2. The summed E-state index contributed by atoms with van der Waals surface area (Å²) in [6.07, 6.45) is -1.03. The molecule has 0 bridgehead atoms. The van der Waals surface area contributed by atoms with Crippen molar-refractivity contribution in [2.24, 2.45) is 0 Å². The summed E-state index contributed by atoms with van der Waals surface area (Å²) in [5.41, 5.74) is 0.316. The van der Waals surface area contributed by atoms with Crippen molar-refractivity contribution in [2.75, 3.05) is 11.3 Å². The van der Waals surface area contributed by atoms with E-state index >= 15 is 0 Å². The lowest BCUT2D eigenvalue weighted by molar-refractivity contribution is 0.159. The first-order chi connectivity index (χ1) is 8.34. The van der Waals surface area contributed by atoms with Crippen LogP contribution in [0.15, 0.2) is 18.2 Å². The summed E-state index contributed by atoms with van der Waals surface area (Å²) in [5, 5.41) is 0.487. The van der Waals surface area contributed by atoms with Crippen molar-refractivity contribution in [2.45, 2.75) is 6.92 Å². The Labute approximate surface area is 123 Å². The second kappa shape index (κ2) is 6.43. The fourth-order valence-electron chi connectivity index (χ4n) is 1.01. The molecule has 2 N–H and O–H groups in total. The Morgan fingerprint density at radius 2 is 2.17 bits per heavy atom. The lowest BCUT2D eigenvalue weighted by Crippen LogP contribution is -2.35. The maximum absolute atomic E-state index is 11.6. The van der Waals surface area contributed by atoms with Gasteiger partial charge in [0.25, 0.3) is 0 Å². The summed E-state index contributed by atoms with van der Waals surface area (Å²) in [6.45, 7) is 1.65. The Morgan fingerprint density at radius 3 is 2.72 bits per heavy atom. The molecule has 100 valence electrons. The minimum atomic E-state index is -4.01. The normalized spacial score (nSPS) is 10.8. The third-order valence-corrected chi connectivity index (χ3v) is 3.72. The van der Waals surface area contributed by atoms with E-state index in [2.05, 4.69) is 9.46 Å². The molecule has 0 aromatic heterocycles. The van der Waals surface area contributed by atoms with Gasteiger partial charge in [-0.1, -0.05) is 11.6 Å². The fraction of sp³-hybridized carbons (Fsp3) is 0.222. The zero-order valence-corrected chi connectivity index (χ0v) is 13.0. The first-order valence-electron chi connectivity index (χ1n) is 4.76. The monoisotopic (exact) mass is 404 g/mol. The van der Waals surface area contributed by atoms with Gasteiger partial charge in [0.05, 0.1) is 12.3 Å². The number of amides is 1. The number of nitrogens with one attached hydrogen (secondary N) is 2. The highest BCUT2D eigenvalue weighted by Gasteiger charge is 2.16. The number of halogens is 2. The maximum atomic E-state index is 11.6. The lowest BCUT2D eigenvalue weighted by atomic mass is 10.3. The van der Waals surface area contributed by atoms with E-state index in [4.69, 9.17) is 11.6 Å². The molecule has 1 amide bonds. The van der Waals surface area contributed by atoms with E-state index in [0.29, 0.717) is 14.3 Å². The first-order valence-corrected chi connectivity index (χ1v) is 7.70. The van der Waals surface area contributed by atoms with Crippen LogP contribution >= 0.6 is 34.2 Å². The van der Waals surface area contributed by atoms with Gasteiger partial charge >= 0.3 is 16.3 Å². The molecule has 0 atom stereocenters. The van der Waals surface area contributed by atoms with Crippen LogP contribution in [0.1, 0.15) is 6.92 Å². The number of hydrogen-bond acceptors (Lipinski definition) is 4. The fourth-order valence-corrected chi connectivity index (χ4v) is 3.00. The largest absolute Gasteiger partial charge is 0.449 e. The van der Waals surface area contributed by atoms with Crippen LogP contribution in [-0.4, -0.2) is 21.1 Å². The van der Waals surface area contributed by atoms with Gasteiger partial charge in [-0.2, -0.15) is 8.42 Å². The highest BCUT2D eigenvalue weighted by molar-refractivity contribution is 14.1. The Balaban J connectivity index is 2.79. The molecule has 0 aliphatic rings. The summed E-state index contributed by atoms with van der Waals surface area (Å²) in [5.74, 6) is 0. The van der Waals surface area contributed by atoms with Crippen LogP contribution in [0, 0.1) is 3.57 Å². The SMILES string of the molecule is CCOC(=O)NS(=O)(=O)Nc1ccc(Cl)cc1I. The van der Waals surface area contributed by atoms with Crippen molar-refractivity contribution in [3.05, 3.63) is 26.8 Å². The molecule has 0 radical (unpaired) electrons. The summed E-state index contributed by atoms with van der Waals surface area (Å²) in [6, 6.07) is 4.62. The molecule has 0 heterocycles. The topological polar surface area (TPSA) is 84.5 Å². The van der Waals surface area contributed by atoms with E-state index in [1.807, 2.05) is 22.6 Å². The predicted molar refractivity (Wildman–Crippen MR) is 76.9 cm³/mol. The van der Waals surface area contributed by atoms with Crippen molar-refractivity contribution < 1.29 is 17.9 Å². The maximum Gasteiger partial charge on any atom is 0.422 e. The number of carbonyl (C=O) groups excluding carboxylic acids is 1. The Hall–Kier alpha value is -0.740. The van der Waals surface area contributed by atoms with Crippen molar-refractivity contribution >= 4 is 56.2 Å². The van der Waals surface area contributed by atoms with E-state index in [1.165, 1.54) is 12.1 Å². The number of rotatable bonds is 4. The molecule has 0 aliphatic heterocycles. The molecular weight excluding hydrogens is 395 g/mol. The van der Waals surface area contributed by atoms with Crippen molar-refractivity contribution in [3.8, 4) is 0 Å². The minimum absolute atomic E-state index is 0.0832. The van der Waals surface area contributed by atoms with Crippen LogP contribution in [0.2, 0.25) is 5.02 Å². The van der Waals surface area contributed by atoms with E-state index in [9.17, 15) is 13.2 Å². The second-order valence-corrected chi connectivity index (χ2v) is 6.07. The molecular formula is C9H10ClIN2O4S. The van der Waals surface area contributed by atoms with E-state index < -0.39 is 16.3 Å². The average Bonchev–Trinajstić information content (AvgIpc) is 2.21. The average molecular weight is 405 g/mol. The molecule has 1 rings (SSSR count). The van der Waals surface area contributed by atoms with Crippen LogP contribution in [0.25, 0.3) is 0 Å². The molecule has 1 aromatic rings. The molecule has 6 nitrogen and oxygen atoms in total. The number of benzene rings is 1. The van der Waals surface area contributed by atoms with Crippen molar-refractivity contribution in [1.29, 1.82) is 0 Å². The Bertz CT molecular complexity index is 549. The van der Waals surface area contributed by atoms with E-state index in [1.54, 1.807) is 17.7 Å². The second-order valence-electron chi connectivity index (χ2n) is 3.05. The van der Waals surface area contributed by atoms with Gasteiger partial charge in [-0.05, 0) is 47.7 Å². The van der Waals surface area contributed by atoms with Crippen LogP contribution < -0.4 is 9.44 Å². The molecule has 0 saturated heterocycles. The summed E-state index contributed by atoms with van der Waals surface area (Å²) >= 11 is 7.66. The van der Waals surface area contributed by atoms with Crippen LogP contribution in [-0.2, 0) is 14.9 Å². The quantitative estimate of drug-likeness (QED) is 0.755. The molecule has 1 aromatic carbocycles. The van der Waals surface area contributed by atoms with E-state index in [0.717, 1.165) is 0 Å². The van der Waals surface area contributed by atoms with E-state index in [-0.39, 0.29) is 6.61 Å². The molecule has 0 fully saturated rings. The lowest BCUT2D eigenvalue weighted by Gasteiger charge is -2.10. The number of anilines is 1. The van der Waals surface area contributed by atoms with Gasteiger partial charge in [-0.25, -0.2) is 9.52 Å². The van der Waals surface area contributed by atoms with Gasteiger partial charge in [0, 0.05) is 8.59 Å². The Morgan fingerprint density at radius 1 is 1.50 bits per heavy atom. The predicted octanol–water partition coefficient (Wildman–Crippen LogP) is 2.35. The van der Waals surface area contributed by atoms with Crippen molar-refractivity contribution in [3.63, 3.8) is 0 Å². The highest BCUT2D eigenvalue weighted by Crippen LogP contribution is 2.22. The summed E-state index contributed by atoms with van der Waals surface area (Å²) < 4.78 is 32.1. The molecule has 0 spiro atoms. The first kappa shape index (κ1) is 15.3. The summed E-state index contributed by atoms with van der Waals surface area (Å²) in [4.78, 5) is 11.0.